The fraction of sp³-hybridized carbons (Fsp3) is 0.300. The van der Waals surface area contributed by atoms with Gasteiger partial charge < -0.3 is 4.57 Å². The number of benzene rings is 1. The number of Topliss-reactive ketones (excluding diaryl/α,β-unsaturated/α-hetero) is 1. The van der Waals surface area contributed by atoms with Crippen LogP contribution in [-0.4, -0.2) is 19.1 Å². The highest BCUT2D eigenvalue weighted by Crippen LogP contribution is 2.35. The normalized spacial score (nSPS) is 11.3. The van der Waals surface area contributed by atoms with Gasteiger partial charge in [0.15, 0.2) is 5.78 Å². The average Bonchev–Trinajstić information content (AvgIpc) is 2.03. The average molecular weight is 196 g/mol. The fourth-order valence-corrected chi connectivity index (χ4v) is 2.50. The van der Waals surface area contributed by atoms with Gasteiger partial charge in [0.2, 0.25) is 0 Å². The van der Waals surface area contributed by atoms with E-state index in [0.29, 0.717) is 10.9 Å². The first-order valence-corrected chi connectivity index (χ1v) is 6.68. The summed E-state index contributed by atoms with van der Waals surface area (Å²) in [5.41, 5.74) is 0.579. The van der Waals surface area contributed by atoms with E-state index in [-0.39, 0.29) is 5.78 Å². The van der Waals surface area contributed by atoms with Crippen LogP contribution in [0.4, 0.5) is 0 Å². The van der Waals surface area contributed by atoms with Crippen LogP contribution >= 0.6 is 7.14 Å². The third kappa shape index (κ3) is 2.28. The van der Waals surface area contributed by atoms with Crippen LogP contribution in [0.3, 0.4) is 0 Å². The maximum Gasteiger partial charge on any atom is 0.160 e. The van der Waals surface area contributed by atoms with Gasteiger partial charge in [-0.15, -0.1) is 0 Å². The zero-order valence-electron chi connectivity index (χ0n) is 8.07. The molecule has 0 aliphatic heterocycles. The maximum absolute atomic E-state index is 11.8. The molecule has 0 unspecified atom stereocenters. The summed E-state index contributed by atoms with van der Waals surface area (Å²) in [5, 5.41) is 0.683. The number of carbonyl (C=O) groups excluding carboxylic acids is 1. The molecule has 0 aliphatic rings. The van der Waals surface area contributed by atoms with E-state index in [1.165, 1.54) is 6.92 Å². The molecule has 1 aromatic carbocycles. The predicted octanol–water partition coefficient (Wildman–Crippen LogP) is 2.14. The highest BCUT2D eigenvalue weighted by molar-refractivity contribution is 7.70. The molecule has 0 saturated carbocycles. The highest BCUT2D eigenvalue weighted by Gasteiger charge is 2.17. The van der Waals surface area contributed by atoms with Gasteiger partial charge >= 0.3 is 0 Å². The number of carbonyl (C=O) groups is 1. The summed E-state index contributed by atoms with van der Waals surface area (Å²) in [7, 11) is -2.33. The van der Waals surface area contributed by atoms with Gasteiger partial charge in [0.1, 0.15) is 7.14 Å². The lowest BCUT2D eigenvalue weighted by atomic mass is 10.1. The van der Waals surface area contributed by atoms with Gasteiger partial charge in [0, 0.05) is 10.9 Å². The molecule has 0 aromatic heterocycles. The summed E-state index contributed by atoms with van der Waals surface area (Å²) in [6.45, 7) is 4.85. The topological polar surface area (TPSA) is 34.1 Å². The molecule has 0 heterocycles. The van der Waals surface area contributed by atoms with Gasteiger partial charge in [-0.2, -0.15) is 0 Å². The Balaban J connectivity index is 3.37. The van der Waals surface area contributed by atoms with Crippen molar-refractivity contribution in [1.82, 2.24) is 0 Å². The lowest BCUT2D eigenvalue weighted by molar-refractivity contribution is 0.101. The second-order valence-corrected chi connectivity index (χ2v) is 6.61. The monoisotopic (exact) mass is 196 g/mol. The molecule has 0 radical (unpaired) electrons. The van der Waals surface area contributed by atoms with Crippen LogP contribution < -0.4 is 5.30 Å². The molecular formula is C10H13O2P. The smallest absolute Gasteiger partial charge is 0.160 e. The van der Waals surface area contributed by atoms with Crippen LogP contribution in [0.2, 0.25) is 0 Å². The molecule has 0 saturated heterocycles. The van der Waals surface area contributed by atoms with E-state index in [2.05, 4.69) is 0 Å². The van der Waals surface area contributed by atoms with Gasteiger partial charge in [-0.3, -0.25) is 4.79 Å². The van der Waals surface area contributed by atoms with E-state index in [0.717, 1.165) is 0 Å². The van der Waals surface area contributed by atoms with E-state index < -0.39 is 7.14 Å². The van der Waals surface area contributed by atoms with Crippen LogP contribution in [0.15, 0.2) is 24.3 Å². The van der Waals surface area contributed by atoms with Crippen LogP contribution in [0.5, 0.6) is 0 Å². The van der Waals surface area contributed by atoms with Crippen molar-refractivity contribution in [2.24, 2.45) is 0 Å². The Morgan fingerprint density at radius 3 is 2.15 bits per heavy atom. The highest BCUT2D eigenvalue weighted by atomic mass is 31.2. The second kappa shape index (κ2) is 3.47. The molecule has 3 heteroatoms. The Bertz CT molecular complexity index is 376. The second-order valence-electron chi connectivity index (χ2n) is 3.42. The number of ketones is 1. The first kappa shape index (κ1) is 10.2. The zero-order chi connectivity index (χ0) is 10.1. The van der Waals surface area contributed by atoms with Crippen molar-refractivity contribution in [3.05, 3.63) is 29.8 Å². The van der Waals surface area contributed by atoms with Crippen LogP contribution in [-0.2, 0) is 4.57 Å². The van der Waals surface area contributed by atoms with Crippen LogP contribution in [0.1, 0.15) is 17.3 Å². The largest absolute Gasteiger partial charge is 0.319 e. The first-order chi connectivity index (χ1) is 5.93. The lowest BCUT2D eigenvalue weighted by Crippen LogP contribution is -2.13. The summed E-state index contributed by atoms with van der Waals surface area (Å²) >= 11 is 0. The molecule has 0 amide bonds. The number of rotatable bonds is 2. The van der Waals surface area contributed by atoms with E-state index >= 15 is 0 Å². The van der Waals surface area contributed by atoms with Gasteiger partial charge in [-0.05, 0) is 20.3 Å². The van der Waals surface area contributed by atoms with E-state index in [4.69, 9.17) is 0 Å². The molecule has 2 nitrogen and oxygen atoms in total. The summed E-state index contributed by atoms with van der Waals surface area (Å²) in [6.07, 6.45) is 0. The minimum Gasteiger partial charge on any atom is -0.319 e. The van der Waals surface area contributed by atoms with Gasteiger partial charge in [0.25, 0.3) is 0 Å². The van der Waals surface area contributed by atoms with Crippen molar-refractivity contribution in [1.29, 1.82) is 0 Å². The molecule has 0 atom stereocenters. The molecule has 0 N–H and O–H groups in total. The van der Waals surface area contributed by atoms with E-state index in [9.17, 15) is 9.36 Å². The molecule has 1 rings (SSSR count). The van der Waals surface area contributed by atoms with Crippen molar-refractivity contribution < 1.29 is 9.36 Å². The van der Waals surface area contributed by atoms with Gasteiger partial charge in [-0.1, -0.05) is 24.3 Å². The SMILES string of the molecule is CC(=O)c1ccccc1P(C)(C)=O. The Hall–Kier alpha value is -0.880. The molecule has 70 valence electrons. The molecule has 13 heavy (non-hydrogen) atoms. The number of hydrogen-bond donors (Lipinski definition) is 0. The van der Waals surface area contributed by atoms with Crippen LogP contribution in [0, 0.1) is 0 Å². The fourth-order valence-electron chi connectivity index (χ4n) is 1.24. The van der Waals surface area contributed by atoms with Crippen molar-refractivity contribution in [3.63, 3.8) is 0 Å². The van der Waals surface area contributed by atoms with Crippen molar-refractivity contribution in [3.8, 4) is 0 Å². The lowest BCUT2D eigenvalue weighted by Gasteiger charge is -2.10. The third-order valence-electron chi connectivity index (χ3n) is 1.86. The molecule has 1 aromatic rings. The van der Waals surface area contributed by atoms with Crippen molar-refractivity contribution in [2.45, 2.75) is 6.92 Å². The molecule has 0 bridgehead atoms. The third-order valence-corrected chi connectivity index (χ3v) is 3.41. The van der Waals surface area contributed by atoms with E-state index in [1.54, 1.807) is 37.6 Å². The Morgan fingerprint density at radius 2 is 1.77 bits per heavy atom. The number of hydrogen-bond acceptors (Lipinski definition) is 2. The van der Waals surface area contributed by atoms with Crippen molar-refractivity contribution in [2.75, 3.05) is 13.3 Å². The first-order valence-electron chi connectivity index (χ1n) is 4.08. The quantitative estimate of drug-likeness (QED) is 0.536. The minimum absolute atomic E-state index is 0.0282. The Kier molecular flexibility index (Phi) is 2.72. The molecular weight excluding hydrogens is 183 g/mol. The molecule has 0 spiro atoms. The Labute approximate surface area is 78.3 Å². The standard InChI is InChI=1S/C10H13O2P/c1-8(11)9-6-4-5-7-10(9)13(2,3)12/h4-7H,1-3H3. The van der Waals surface area contributed by atoms with Crippen molar-refractivity contribution >= 4 is 18.2 Å². The summed E-state index contributed by atoms with van der Waals surface area (Å²) < 4.78 is 11.8. The molecule has 0 fully saturated rings. The van der Waals surface area contributed by atoms with Gasteiger partial charge in [0.05, 0.1) is 0 Å². The van der Waals surface area contributed by atoms with Gasteiger partial charge in [-0.25, -0.2) is 0 Å². The summed E-state index contributed by atoms with van der Waals surface area (Å²) in [4.78, 5) is 11.2. The van der Waals surface area contributed by atoms with Crippen LogP contribution in [0.25, 0.3) is 0 Å². The zero-order valence-corrected chi connectivity index (χ0v) is 8.97. The predicted molar refractivity (Wildman–Crippen MR) is 55.5 cm³/mol. The summed E-state index contributed by atoms with van der Waals surface area (Å²) in [6, 6.07) is 7.08. The maximum atomic E-state index is 11.8. The summed E-state index contributed by atoms with van der Waals surface area (Å²) in [5.74, 6) is -0.0282. The molecule has 0 aliphatic carbocycles. The Morgan fingerprint density at radius 1 is 1.23 bits per heavy atom. The minimum atomic E-state index is -2.33. The van der Waals surface area contributed by atoms with E-state index in [1.807, 2.05) is 0 Å².